The molecule has 0 aliphatic heterocycles. The molecular weight excluding hydrogens is 335 g/mol. The summed E-state index contributed by atoms with van der Waals surface area (Å²) in [6, 6.07) is 10.6. The third kappa shape index (κ3) is 3.76. The van der Waals surface area contributed by atoms with E-state index in [9.17, 15) is 4.39 Å². The number of hydrogen-bond donors (Lipinski definition) is 0. The molecule has 4 heteroatoms. The molecular formula is C17H18BrFO2. The lowest BCUT2D eigenvalue weighted by Crippen LogP contribution is -2.01. The van der Waals surface area contributed by atoms with Crippen LogP contribution in [0.25, 0.3) is 0 Å². The van der Waals surface area contributed by atoms with Crippen LogP contribution >= 0.6 is 15.9 Å². The van der Waals surface area contributed by atoms with Crippen LogP contribution < -0.4 is 9.47 Å². The minimum atomic E-state index is -0.212. The quantitative estimate of drug-likeness (QED) is 0.717. The predicted octanol–water partition coefficient (Wildman–Crippen LogP) is 4.83. The van der Waals surface area contributed by atoms with E-state index in [1.54, 1.807) is 26.4 Å². The summed E-state index contributed by atoms with van der Waals surface area (Å²) in [6.07, 6.45) is 0.702. The van der Waals surface area contributed by atoms with Gasteiger partial charge < -0.3 is 9.47 Å². The minimum absolute atomic E-state index is 0.0825. The summed E-state index contributed by atoms with van der Waals surface area (Å²) in [6.45, 7) is 2.02. The highest BCUT2D eigenvalue weighted by molar-refractivity contribution is 9.09. The number of ether oxygens (including phenoxy) is 2. The average Bonchev–Trinajstić information content (AvgIpc) is 2.46. The fraction of sp³-hybridized carbons (Fsp3) is 0.294. The summed E-state index contributed by atoms with van der Waals surface area (Å²) in [7, 11) is 3.24. The lowest BCUT2D eigenvalue weighted by Gasteiger charge is -2.17. The smallest absolute Gasteiger partial charge is 0.161 e. The molecule has 0 saturated carbocycles. The Morgan fingerprint density at radius 1 is 1.10 bits per heavy atom. The second kappa shape index (κ2) is 6.94. The van der Waals surface area contributed by atoms with Gasteiger partial charge in [0.05, 0.1) is 14.2 Å². The standard InChI is InChI=1S/C17H18BrFO2/c1-11-7-16(20-2)17(21-3)10-14(11)15(18)9-12-5-4-6-13(19)8-12/h4-8,10,15H,9H2,1-3H3. The summed E-state index contributed by atoms with van der Waals surface area (Å²) in [5, 5.41) is 0. The zero-order valence-corrected chi connectivity index (χ0v) is 13.9. The van der Waals surface area contributed by atoms with Crippen molar-refractivity contribution < 1.29 is 13.9 Å². The van der Waals surface area contributed by atoms with Crippen LogP contribution in [0.15, 0.2) is 36.4 Å². The molecule has 2 nitrogen and oxygen atoms in total. The van der Waals surface area contributed by atoms with E-state index in [-0.39, 0.29) is 10.6 Å². The van der Waals surface area contributed by atoms with Gasteiger partial charge in [0.25, 0.3) is 0 Å². The lowest BCUT2D eigenvalue weighted by atomic mass is 9.99. The van der Waals surface area contributed by atoms with Crippen LogP contribution in [0.2, 0.25) is 0 Å². The number of aryl methyl sites for hydroxylation is 1. The van der Waals surface area contributed by atoms with Gasteiger partial charge in [-0.1, -0.05) is 28.1 Å². The van der Waals surface area contributed by atoms with E-state index in [1.165, 1.54) is 6.07 Å². The molecule has 0 N–H and O–H groups in total. The van der Waals surface area contributed by atoms with Gasteiger partial charge in [0.2, 0.25) is 0 Å². The first kappa shape index (κ1) is 15.8. The van der Waals surface area contributed by atoms with Crippen molar-refractivity contribution in [3.8, 4) is 11.5 Å². The van der Waals surface area contributed by atoms with Crippen LogP contribution in [-0.4, -0.2) is 14.2 Å². The minimum Gasteiger partial charge on any atom is -0.493 e. The Morgan fingerprint density at radius 3 is 2.38 bits per heavy atom. The van der Waals surface area contributed by atoms with Crippen molar-refractivity contribution in [2.24, 2.45) is 0 Å². The Bertz CT molecular complexity index is 628. The van der Waals surface area contributed by atoms with Crippen molar-refractivity contribution in [1.29, 1.82) is 0 Å². The average molecular weight is 353 g/mol. The van der Waals surface area contributed by atoms with Gasteiger partial charge in [-0.15, -0.1) is 0 Å². The number of benzene rings is 2. The number of rotatable bonds is 5. The Labute approximate surface area is 133 Å². The Morgan fingerprint density at radius 2 is 1.76 bits per heavy atom. The van der Waals surface area contributed by atoms with Crippen LogP contribution in [0.5, 0.6) is 11.5 Å². The molecule has 2 aromatic carbocycles. The molecule has 0 heterocycles. The molecule has 21 heavy (non-hydrogen) atoms. The van der Waals surface area contributed by atoms with Crippen LogP contribution in [0.1, 0.15) is 21.5 Å². The molecule has 1 atom stereocenters. The molecule has 0 aromatic heterocycles. The summed E-state index contributed by atoms with van der Waals surface area (Å²) >= 11 is 3.69. The Balaban J connectivity index is 2.28. The molecule has 2 aromatic rings. The van der Waals surface area contributed by atoms with Crippen molar-refractivity contribution in [3.63, 3.8) is 0 Å². The SMILES string of the molecule is COc1cc(C)c(C(Br)Cc2cccc(F)c2)cc1OC. The zero-order chi connectivity index (χ0) is 15.4. The van der Waals surface area contributed by atoms with Gasteiger partial charge in [0.1, 0.15) is 5.82 Å². The van der Waals surface area contributed by atoms with Gasteiger partial charge in [0.15, 0.2) is 11.5 Å². The maximum absolute atomic E-state index is 13.3. The molecule has 0 spiro atoms. The van der Waals surface area contributed by atoms with Crippen LogP contribution in [0.4, 0.5) is 4.39 Å². The highest BCUT2D eigenvalue weighted by atomic mass is 79.9. The first-order valence-electron chi connectivity index (χ1n) is 6.66. The topological polar surface area (TPSA) is 18.5 Å². The molecule has 1 unspecified atom stereocenters. The van der Waals surface area contributed by atoms with Gasteiger partial charge in [-0.3, -0.25) is 0 Å². The summed E-state index contributed by atoms with van der Waals surface area (Å²) in [5.41, 5.74) is 3.16. The first-order chi connectivity index (χ1) is 10.0. The molecule has 0 bridgehead atoms. The van der Waals surface area contributed by atoms with Gasteiger partial charge in [-0.05, 0) is 54.3 Å². The summed E-state index contributed by atoms with van der Waals surface area (Å²) < 4.78 is 23.9. The van der Waals surface area contributed by atoms with E-state index in [4.69, 9.17) is 9.47 Å². The van der Waals surface area contributed by atoms with E-state index >= 15 is 0 Å². The van der Waals surface area contributed by atoms with Gasteiger partial charge >= 0.3 is 0 Å². The predicted molar refractivity (Wildman–Crippen MR) is 86.1 cm³/mol. The molecule has 0 saturated heterocycles. The van der Waals surface area contributed by atoms with E-state index < -0.39 is 0 Å². The van der Waals surface area contributed by atoms with Crippen LogP contribution in [0, 0.1) is 12.7 Å². The molecule has 0 amide bonds. The van der Waals surface area contributed by atoms with Crippen molar-refractivity contribution in [2.75, 3.05) is 14.2 Å². The van der Waals surface area contributed by atoms with Crippen molar-refractivity contribution in [2.45, 2.75) is 18.2 Å². The molecule has 2 rings (SSSR count). The second-order valence-electron chi connectivity index (χ2n) is 4.87. The van der Waals surface area contributed by atoms with E-state index in [1.807, 2.05) is 25.1 Å². The highest BCUT2D eigenvalue weighted by Crippen LogP contribution is 2.37. The molecule has 0 aliphatic carbocycles. The lowest BCUT2D eigenvalue weighted by molar-refractivity contribution is 0.354. The number of halogens is 2. The fourth-order valence-corrected chi connectivity index (χ4v) is 3.18. The maximum Gasteiger partial charge on any atom is 0.161 e. The highest BCUT2D eigenvalue weighted by Gasteiger charge is 2.15. The normalized spacial score (nSPS) is 12.0. The second-order valence-corrected chi connectivity index (χ2v) is 5.97. The molecule has 112 valence electrons. The molecule has 0 fully saturated rings. The number of hydrogen-bond acceptors (Lipinski definition) is 2. The first-order valence-corrected chi connectivity index (χ1v) is 7.57. The van der Waals surface area contributed by atoms with Crippen molar-refractivity contribution >= 4 is 15.9 Å². The third-order valence-corrected chi connectivity index (χ3v) is 4.23. The van der Waals surface area contributed by atoms with Gasteiger partial charge in [-0.25, -0.2) is 4.39 Å². The van der Waals surface area contributed by atoms with Gasteiger partial charge in [0, 0.05) is 4.83 Å². The fourth-order valence-electron chi connectivity index (χ4n) is 2.31. The monoisotopic (exact) mass is 352 g/mol. The largest absolute Gasteiger partial charge is 0.493 e. The van der Waals surface area contributed by atoms with Crippen molar-refractivity contribution in [3.05, 3.63) is 58.9 Å². The van der Waals surface area contributed by atoms with Crippen molar-refractivity contribution in [1.82, 2.24) is 0 Å². The third-order valence-electron chi connectivity index (χ3n) is 3.41. The summed E-state index contributed by atoms with van der Waals surface area (Å²) in [4.78, 5) is 0.0825. The van der Waals surface area contributed by atoms with E-state index in [2.05, 4.69) is 15.9 Å². The van der Waals surface area contributed by atoms with Crippen LogP contribution in [0.3, 0.4) is 0 Å². The number of alkyl halides is 1. The maximum atomic E-state index is 13.3. The Hall–Kier alpha value is -1.55. The van der Waals surface area contributed by atoms with E-state index in [0.29, 0.717) is 17.9 Å². The Kier molecular flexibility index (Phi) is 5.23. The zero-order valence-electron chi connectivity index (χ0n) is 12.3. The number of methoxy groups -OCH3 is 2. The van der Waals surface area contributed by atoms with E-state index in [0.717, 1.165) is 16.7 Å². The van der Waals surface area contributed by atoms with Gasteiger partial charge in [-0.2, -0.15) is 0 Å². The molecule has 0 radical (unpaired) electrons. The summed E-state index contributed by atoms with van der Waals surface area (Å²) in [5.74, 6) is 1.20. The van der Waals surface area contributed by atoms with Crippen LogP contribution in [-0.2, 0) is 6.42 Å². The molecule has 0 aliphatic rings.